The quantitative estimate of drug-likeness (QED) is 0.859. The first-order chi connectivity index (χ1) is 12.2. The summed E-state index contributed by atoms with van der Waals surface area (Å²) in [6.45, 7) is 4.24. The van der Waals surface area contributed by atoms with Gasteiger partial charge in [-0.3, -0.25) is 4.79 Å². The van der Waals surface area contributed by atoms with Gasteiger partial charge in [0.05, 0.1) is 13.0 Å². The number of rotatable bonds is 4. The van der Waals surface area contributed by atoms with Gasteiger partial charge >= 0.3 is 0 Å². The van der Waals surface area contributed by atoms with E-state index in [-0.39, 0.29) is 12.7 Å². The van der Waals surface area contributed by atoms with E-state index in [1.807, 2.05) is 48.2 Å². The van der Waals surface area contributed by atoms with Crippen LogP contribution in [0.25, 0.3) is 0 Å². The fourth-order valence-electron chi connectivity index (χ4n) is 3.32. The summed E-state index contributed by atoms with van der Waals surface area (Å²) < 4.78 is 16.3. The lowest BCUT2D eigenvalue weighted by Gasteiger charge is -2.29. The van der Waals surface area contributed by atoms with Crippen molar-refractivity contribution >= 4 is 5.91 Å². The van der Waals surface area contributed by atoms with Crippen molar-refractivity contribution in [1.82, 2.24) is 4.90 Å². The number of nitrogens with zero attached hydrogens (tertiary/aromatic N) is 1. The van der Waals surface area contributed by atoms with Crippen LogP contribution in [0.5, 0.6) is 17.2 Å². The molecule has 0 aliphatic carbocycles. The van der Waals surface area contributed by atoms with Crippen LogP contribution in [0.15, 0.2) is 36.4 Å². The molecule has 0 bridgehead atoms. The smallest absolute Gasteiger partial charge is 0.231 e. The van der Waals surface area contributed by atoms with Gasteiger partial charge in [-0.1, -0.05) is 12.1 Å². The van der Waals surface area contributed by atoms with E-state index in [1.165, 1.54) is 5.56 Å². The molecule has 0 unspecified atom stereocenters. The summed E-state index contributed by atoms with van der Waals surface area (Å²) in [5.41, 5.74) is 3.40. The average molecular weight is 339 g/mol. The third-order valence-electron chi connectivity index (χ3n) is 4.65. The van der Waals surface area contributed by atoms with Gasteiger partial charge in [-0.15, -0.1) is 0 Å². The molecule has 4 rings (SSSR count). The molecule has 130 valence electrons. The molecule has 0 saturated heterocycles. The molecule has 1 amide bonds. The van der Waals surface area contributed by atoms with E-state index >= 15 is 0 Å². The van der Waals surface area contributed by atoms with Gasteiger partial charge in [-0.2, -0.15) is 0 Å². The van der Waals surface area contributed by atoms with Crippen LogP contribution < -0.4 is 14.2 Å². The van der Waals surface area contributed by atoms with Crippen LogP contribution in [0.3, 0.4) is 0 Å². The van der Waals surface area contributed by atoms with E-state index in [4.69, 9.17) is 14.2 Å². The van der Waals surface area contributed by atoms with Gasteiger partial charge in [0.2, 0.25) is 12.7 Å². The minimum absolute atomic E-state index is 0.146. The molecule has 0 radical (unpaired) electrons. The first-order valence-electron chi connectivity index (χ1n) is 8.64. The van der Waals surface area contributed by atoms with Crippen LogP contribution in [0.4, 0.5) is 0 Å². The van der Waals surface area contributed by atoms with Crippen molar-refractivity contribution in [1.29, 1.82) is 0 Å². The van der Waals surface area contributed by atoms with Crippen LogP contribution in [-0.2, 0) is 24.2 Å². The first kappa shape index (κ1) is 15.8. The number of carbonyl (C=O) groups excluding carboxylic acids is 1. The Balaban J connectivity index is 1.43. The number of amides is 1. The molecule has 0 N–H and O–H groups in total. The summed E-state index contributed by atoms with van der Waals surface area (Å²) in [5, 5.41) is 0. The highest BCUT2D eigenvalue weighted by Gasteiger charge is 2.24. The van der Waals surface area contributed by atoms with E-state index in [0.29, 0.717) is 19.6 Å². The standard InChI is InChI=1S/C20H21NO4/c1-2-23-17-5-3-14(4-6-17)9-20(22)21-8-7-15-10-18-19(25-13-24-18)11-16(15)12-21/h3-6,10-11H,2,7-9,12-13H2,1H3. The predicted molar refractivity (Wildman–Crippen MR) is 93.0 cm³/mol. The molecule has 2 aromatic carbocycles. The summed E-state index contributed by atoms with van der Waals surface area (Å²) >= 11 is 0. The van der Waals surface area contributed by atoms with Crippen molar-refractivity contribution in [3.8, 4) is 17.2 Å². The van der Waals surface area contributed by atoms with Gasteiger partial charge in [0.1, 0.15) is 5.75 Å². The van der Waals surface area contributed by atoms with Crippen molar-refractivity contribution in [3.05, 3.63) is 53.1 Å². The number of ether oxygens (including phenoxy) is 3. The third-order valence-corrected chi connectivity index (χ3v) is 4.65. The average Bonchev–Trinajstić information content (AvgIpc) is 3.08. The highest BCUT2D eigenvalue weighted by Crippen LogP contribution is 2.36. The molecule has 0 atom stereocenters. The molecular formula is C20H21NO4. The topological polar surface area (TPSA) is 48.0 Å². The minimum Gasteiger partial charge on any atom is -0.494 e. The fraction of sp³-hybridized carbons (Fsp3) is 0.350. The third kappa shape index (κ3) is 3.27. The Morgan fingerprint density at radius 1 is 1.12 bits per heavy atom. The van der Waals surface area contributed by atoms with Gasteiger partial charge < -0.3 is 19.1 Å². The normalized spacial score (nSPS) is 15.0. The van der Waals surface area contributed by atoms with E-state index in [9.17, 15) is 4.79 Å². The number of carbonyl (C=O) groups is 1. The number of fused-ring (bicyclic) bond motifs is 2. The molecule has 0 fully saturated rings. The number of hydrogen-bond donors (Lipinski definition) is 0. The maximum Gasteiger partial charge on any atom is 0.231 e. The summed E-state index contributed by atoms with van der Waals surface area (Å²) in [6.07, 6.45) is 1.26. The van der Waals surface area contributed by atoms with Crippen LogP contribution in [-0.4, -0.2) is 30.8 Å². The van der Waals surface area contributed by atoms with Crippen molar-refractivity contribution in [2.75, 3.05) is 19.9 Å². The minimum atomic E-state index is 0.146. The zero-order valence-electron chi connectivity index (χ0n) is 14.3. The van der Waals surface area contributed by atoms with Crippen LogP contribution in [0, 0.1) is 0 Å². The Labute approximate surface area is 147 Å². The Hall–Kier alpha value is -2.69. The summed E-state index contributed by atoms with van der Waals surface area (Å²) in [6, 6.07) is 11.8. The molecule has 5 heteroatoms. The molecule has 0 spiro atoms. The van der Waals surface area contributed by atoms with Crippen molar-refractivity contribution < 1.29 is 19.0 Å². The predicted octanol–water partition coefficient (Wildman–Crippen LogP) is 2.94. The maximum absolute atomic E-state index is 12.7. The van der Waals surface area contributed by atoms with Gasteiger partial charge in [-0.05, 0) is 54.3 Å². The van der Waals surface area contributed by atoms with Gasteiger partial charge in [-0.25, -0.2) is 0 Å². The van der Waals surface area contributed by atoms with Crippen molar-refractivity contribution in [2.45, 2.75) is 26.3 Å². The molecule has 2 aromatic rings. The molecular weight excluding hydrogens is 318 g/mol. The summed E-state index contributed by atoms with van der Waals surface area (Å²) in [7, 11) is 0. The molecule has 0 saturated carbocycles. The SMILES string of the molecule is CCOc1ccc(CC(=O)N2CCc3cc4c(cc3C2)OCO4)cc1. The lowest BCUT2D eigenvalue weighted by Crippen LogP contribution is -2.36. The zero-order chi connectivity index (χ0) is 17.2. The fourth-order valence-corrected chi connectivity index (χ4v) is 3.32. The molecule has 0 aromatic heterocycles. The lowest BCUT2D eigenvalue weighted by molar-refractivity contribution is -0.131. The second kappa shape index (κ2) is 6.67. The molecule has 25 heavy (non-hydrogen) atoms. The maximum atomic E-state index is 12.7. The molecule has 2 heterocycles. The van der Waals surface area contributed by atoms with Gasteiger partial charge in [0, 0.05) is 13.1 Å². The van der Waals surface area contributed by atoms with E-state index in [2.05, 4.69) is 0 Å². The molecule has 5 nitrogen and oxygen atoms in total. The van der Waals surface area contributed by atoms with Crippen LogP contribution in [0.1, 0.15) is 23.6 Å². The molecule has 2 aliphatic heterocycles. The number of benzene rings is 2. The zero-order valence-corrected chi connectivity index (χ0v) is 14.3. The van der Waals surface area contributed by atoms with Gasteiger partial charge in [0.25, 0.3) is 0 Å². The highest BCUT2D eigenvalue weighted by molar-refractivity contribution is 5.79. The Bertz CT molecular complexity index is 785. The first-order valence-corrected chi connectivity index (χ1v) is 8.64. The van der Waals surface area contributed by atoms with Crippen LogP contribution in [0.2, 0.25) is 0 Å². The summed E-state index contributed by atoms with van der Waals surface area (Å²) in [5.74, 6) is 2.57. The monoisotopic (exact) mass is 339 g/mol. The van der Waals surface area contributed by atoms with Crippen molar-refractivity contribution in [3.63, 3.8) is 0 Å². The number of hydrogen-bond acceptors (Lipinski definition) is 4. The molecule has 2 aliphatic rings. The second-order valence-electron chi connectivity index (χ2n) is 6.29. The Kier molecular flexibility index (Phi) is 4.22. The van der Waals surface area contributed by atoms with Gasteiger partial charge in [0.15, 0.2) is 11.5 Å². The van der Waals surface area contributed by atoms with E-state index in [1.54, 1.807) is 0 Å². The summed E-state index contributed by atoms with van der Waals surface area (Å²) in [4.78, 5) is 14.6. The van der Waals surface area contributed by atoms with E-state index < -0.39 is 0 Å². The Morgan fingerprint density at radius 2 is 1.84 bits per heavy atom. The van der Waals surface area contributed by atoms with E-state index in [0.717, 1.165) is 41.3 Å². The van der Waals surface area contributed by atoms with Crippen LogP contribution >= 0.6 is 0 Å². The largest absolute Gasteiger partial charge is 0.494 e. The lowest BCUT2D eigenvalue weighted by atomic mass is 9.98. The Morgan fingerprint density at radius 3 is 2.56 bits per heavy atom. The van der Waals surface area contributed by atoms with Crippen molar-refractivity contribution in [2.24, 2.45) is 0 Å². The second-order valence-corrected chi connectivity index (χ2v) is 6.29. The highest BCUT2D eigenvalue weighted by atomic mass is 16.7.